The molecule has 4 heteroatoms. The van der Waals surface area contributed by atoms with Crippen LogP contribution in [0.4, 0.5) is 5.69 Å². The Morgan fingerprint density at radius 1 is 0.708 bits per heavy atom. The Balaban J connectivity index is 1.87. The van der Waals surface area contributed by atoms with Crippen LogP contribution in [0.2, 0.25) is 0 Å². The van der Waals surface area contributed by atoms with Crippen LogP contribution in [0.5, 0.6) is 0 Å². The van der Waals surface area contributed by atoms with Gasteiger partial charge in [-0.2, -0.15) is 0 Å². The van der Waals surface area contributed by atoms with Gasteiger partial charge in [0, 0.05) is 30.5 Å². The second-order valence-corrected chi connectivity index (χ2v) is 5.26. The van der Waals surface area contributed by atoms with Gasteiger partial charge in [0.05, 0.1) is 0 Å². The summed E-state index contributed by atoms with van der Waals surface area (Å²) in [7, 11) is 0. The number of rotatable bonds is 4. The maximum Gasteiger partial charge on any atom is 0.268 e. The van der Waals surface area contributed by atoms with E-state index in [0.29, 0.717) is 0 Å². The van der Waals surface area contributed by atoms with Gasteiger partial charge >= 0.3 is 0 Å². The molecule has 120 valence electrons. The van der Waals surface area contributed by atoms with Crippen molar-refractivity contribution in [3.05, 3.63) is 104 Å². The van der Waals surface area contributed by atoms with Crippen LogP contribution in [0.15, 0.2) is 104 Å². The first-order chi connectivity index (χ1) is 11.8. The van der Waals surface area contributed by atoms with Crippen LogP contribution in [-0.2, 0) is 4.79 Å². The molecule has 2 aliphatic heterocycles. The van der Waals surface area contributed by atoms with E-state index in [2.05, 4.69) is 5.32 Å². The Bertz CT molecular complexity index is 671. The molecule has 0 radical (unpaired) electrons. The van der Waals surface area contributed by atoms with Gasteiger partial charge in [-0.1, -0.05) is 42.5 Å². The van der Waals surface area contributed by atoms with Gasteiger partial charge in [0.2, 0.25) is 0 Å². The largest absolute Gasteiger partial charge is 0.325 e. The molecule has 0 aliphatic carbocycles. The molecule has 4 nitrogen and oxygen atoms in total. The van der Waals surface area contributed by atoms with E-state index in [1.54, 1.807) is 0 Å². The molecule has 0 fully saturated rings. The van der Waals surface area contributed by atoms with E-state index in [4.69, 9.17) is 0 Å². The molecule has 1 N–H and O–H groups in total. The molecule has 1 amide bonds. The van der Waals surface area contributed by atoms with Crippen LogP contribution < -0.4 is 5.32 Å². The second kappa shape index (κ2) is 7.83. The number of hydrogen-bond donors (Lipinski definition) is 1. The molecule has 0 saturated heterocycles. The SMILES string of the molecule is O=C(Nc1ccccc1)C(N1C=CC=CC=C1)N1C=CC=CC=C1. The fourth-order valence-electron chi connectivity index (χ4n) is 2.43. The predicted molar refractivity (Wildman–Crippen MR) is 97.4 cm³/mol. The van der Waals surface area contributed by atoms with Gasteiger partial charge < -0.3 is 15.1 Å². The van der Waals surface area contributed by atoms with E-state index in [1.165, 1.54) is 0 Å². The normalized spacial score (nSPS) is 15.7. The van der Waals surface area contributed by atoms with Crippen LogP contribution in [0.3, 0.4) is 0 Å². The summed E-state index contributed by atoms with van der Waals surface area (Å²) in [4.78, 5) is 16.7. The third-order valence-electron chi connectivity index (χ3n) is 3.54. The molecule has 0 saturated carbocycles. The Labute approximate surface area is 142 Å². The third-order valence-corrected chi connectivity index (χ3v) is 3.54. The molecular weight excluding hydrogens is 298 g/mol. The van der Waals surface area contributed by atoms with Crippen LogP contribution in [0.25, 0.3) is 0 Å². The number of amides is 1. The Morgan fingerprint density at radius 3 is 1.62 bits per heavy atom. The lowest BCUT2D eigenvalue weighted by molar-refractivity contribution is -0.123. The minimum absolute atomic E-state index is 0.117. The molecule has 1 aromatic rings. The summed E-state index contributed by atoms with van der Waals surface area (Å²) in [5, 5.41) is 2.98. The fourth-order valence-corrected chi connectivity index (χ4v) is 2.43. The van der Waals surface area contributed by atoms with E-state index in [-0.39, 0.29) is 5.91 Å². The van der Waals surface area contributed by atoms with E-state index >= 15 is 0 Å². The van der Waals surface area contributed by atoms with Gasteiger partial charge in [0.25, 0.3) is 5.91 Å². The molecule has 0 unspecified atom stereocenters. The van der Waals surface area contributed by atoms with Crippen molar-refractivity contribution >= 4 is 11.6 Å². The Morgan fingerprint density at radius 2 is 1.17 bits per heavy atom. The molecular formula is C20H19N3O. The summed E-state index contributed by atoms with van der Waals surface area (Å²) in [5.41, 5.74) is 0.773. The van der Waals surface area contributed by atoms with Crippen molar-refractivity contribution in [1.82, 2.24) is 9.80 Å². The number of carbonyl (C=O) groups excluding carboxylic acids is 1. The number of benzene rings is 1. The van der Waals surface area contributed by atoms with Gasteiger partial charge in [-0.05, 0) is 36.4 Å². The monoisotopic (exact) mass is 317 g/mol. The van der Waals surface area contributed by atoms with Crippen molar-refractivity contribution in [2.45, 2.75) is 6.17 Å². The summed E-state index contributed by atoms with van der Waals surface area (Å²) in [5.74, 6) is -0.117. The zero-order valence-electron chi connectivity index (χ0n) is 13.2. The Hall–Kier alpha value is -3.27. The lowest BCUT2D eigenvalue weighted by atomic mass is 10.3. The summed E-state index contributed by atoms with van der Waals surface area (Å²) in [6.45, 7) is 0. The number of carbonyl (C=O) groups is 1. The highest BCUT2D eigenvalue weighted by atomic mass is 16.2. The summed E-state index contributed by atoms with van der Waals surface area (Å²) in [6, 6.07) is 9.47. The van der Waals surface area contributed by atoms with Gasteiger partial charge in [-0.15, -0.1) is 0 Å². The number of para-hydroxylation sites is 1. The lowest BCUT2D eigenvalue weighted by Crippen LogP contribution is -2.47. The molecule has 0 bridgehead atoms. The number of nitrogens with one attached hydrogen (secondary N) is 1. The van der Waals surface area contributed by atoms with Crippen molar-refractivity contribution < 1.29 is 4.79 Å². The predicted octanol–water partition coefficient (Wildman–Crippen LogP) is 3.75. The highest BCUT2D eigenvalue weighted by molar-refractivity contribution is 5.95. The van der Waals surface area contributed by atoms with Crippen molar-refractivity contribution in [3.63, 3.8) is 0 Å². The smallest absolute Gasteiger partial charge is 0.268 e. The van der Waals surface area contributed by atoms with Crippen LogP contribution in [-0.4, -0.2) is 21.9 Å². The van der Waals surface area contributed by atoms with Gasteiger partial charge in [-0.25, -0.2) is 0 Å². The topological polar surface area (TPSA) is 35.6 Å². The zero-order valence-corrected chi connectivity index (χ0v) is 13.2. The van der Waals surface area contributed by atoms with E-state index < -0.39 is 6.17 Å². The lowest BCUT2D eigenvalue weighted by Gasteiger charge is -2.33. The van der Waals surface area contributed by atoms with Gasteiger partial charge in [-0.3, -0.25) is 4.79 Å². The number of nitrogens with zero attached hydrogens (tertiary/aromatic N) is 2. The molecule has 3 rings (SSSR count). The summed E-state index contributed by atoms with van der Waals surface area (Å²) in [6.07, 6.45) is 22.4. The average molecular weight is 317 g/mol. The molecule has 1 aromatic carbocycles. The maximum absolute atomic E-state index is 13.0. The minimum Gasteiger partial charge on any atom is -0.325 e. The number of anilines is 1. The minimum atomic E-state index is -0.537. The van der Waals surface area contributed by atoms with Crippen LogP contribution in [0, 0.1) is 0 Å². The molecule has 0 aromatic heterocycles. The average Bonchev–Trinajstić information content (AvgIpc) is 3.02. The highest BCUT2D eigenvalue weighted by Crippen LogP contribution is 2.16. The summed E-state index contributed by atoms with van der Waals surface area (Å²) < 4.78 is 0. The molecule has 0 spiro atoms. The zero-order chi connectivity index (χ0) is 16.6. The first-order valence-corrected chi connectivity index (χ1v) is 7.79. The molecule has 2 heterocycles. The highest BCUT2D eigenvalue weighted by Gasteiger charge is 2.27. The van der Waals surface area contributed by atoms with E-state index in [0.717, 1.165) is 5.69 Å². The van der Waals surface area contributed by atoms with Crippen molar-refractivity contribution in [3.8, 4) is 0 Å². The van der Waals surface area contributed by atoms with Crippen molar-refractivity contribution in [1.29, 1.82) is 0 Å². The number of allylic oxidation sites excluding steroid dienone is 8. The molecule has 2 aliphatic rings. The van der Waals surface area contributed by atoms with Crippen LogP contribution in [0.1, 0.15) is 0 Å². The van der Waals surface area contributed by atoms with Gasteiger partial charge in [0.15, 0.2) is 6.17 Å². The maximum atomic E-state index is 13.0. The quantitative estimate of drug-likeness (QED) is 0.918. The van der Waals surface area contributed by atoms with Gasteiger partial charge in [0.1, 0.15) is 0 Å². The van der Waals surface area contributed by atoms with Crippen LogP contribution >= 0.6 is 0 Å². The summed E-state index contributed by atoms with van der Waals surface area (Å²) >= 11 is 0. The van der Waals surface area contributed by atoms with Crippen molar-refractivity contribution in [2.24, 2.45) is 0 Å². The third kappa shape index (κ3) is 3.93. The van der Waals surface area contributed by atoms with E-state index in [1.807, 2.05) is 114 Å². The molecule has 24 heavy (non-hydrogen) atoms. The first kappa shape index (κ1) is 15.6. The van der Waals surface area contributed by atoms with E-state index in [9.17, 15) is 4.79 Å². The standard InChI is InChI=1S/C20H19N3O/c24-19(21-18-12-6-5-7-13-18)20(22-14-8-1-2-9-15-22)23-16-10-3-4-11-17-23/h1-17,20H,(H,21,24). The second-order valence-electron chi connectivity index (χ2n) is 5.26. The Kier molecular flexibility index (Phi) is 5.10. The number of hydrogen-bond acceptors (Lipinski definition) is 3. The fraction of sp³-hybridized carbons (Fsp3) is 0.0500. The van der Waals surface area contributed by atoms with Crippen molar-refractivity contribution in [2.75, 3.05) is 5.32 Å². The molecule has 0 atom stereocenters. The first-order valence-electron chi connectivity index (χ1n) is 7.79.